The number of hydrogen-bond acceptors (Lipinski definition) is 2. The summed E-state index contributed by atoms with van der Waals surface area (Å²) in [5.41, 5.74) is 7.86. The molecule has 2 N–H and O–H groups in total. The van der Waals surface area contributed by atoms with E-state index in [1.165, 1.54) is 16.3 Å². The summed E-state index contributed by atoms with van der Waals surface area (Å²) < 4.78 is 0. The van der Waals surface area contributed by atoms with Crippen LogP contribution in [0.25, 0.3) is 10.8 Å². The lowest BCUT2D eigenvalue weighted by Gasteiger charge is -2.36. The standard InChI is InChI=1S/C18H22N2/c1-20(2)17-9-5-8-16(18(17)19)15-11-10-13-6-3-4-7-14(13)12-15/h3-7,9-12,16-18H,8,19H2,1-2H3/t16-,17-,18?/m0/s1. The molecular weight excluding hydrogens is 244 g/mol. The predicted molar refractivity (Wildman–Crippen MR) is 85.9 cm³/mol. The molecule has 0 aromatic heterocycles. The van der Waals surface area contributed by atoms with E-state index in [-0.39, 0.29) is 6.04 Å². The fourth-order valence-electron chi connectivity index (χ4n) is 3.20. The summed E-state index contributed by atoms with van der Waals surface area (Å²) in [6.45, 7) is 0. The maximum Gasteiger partial charge on any atom is 0.0429 e. The summed E-state index contributed by atoms with van der Waals surface area (Å²) in [7, 11) is 4.19. The van der Waals surface area contributed by atoms with Crippen molar-refractivity contribution in [1.82, 2.24) is 4.90 Å². The van der Waals surface area contributed by atoms with Gasteiger partial charge >= 0.3 is 0 Å². The highest BCUT2D eigenvalue weighted by Crippen LogP contribution is 2.31. The first kappa shape index (κ1) is 13.3. The number of nitrogens with two attached hydrogens (primary N) is 1. The van der Waals surface area contributed by atoms with E-state index in [1.807, 2.05) is 0 Å². The van der Waals surface area contributed by atoms with Gasteiger partial charge in [0.1, 0.15) is 0 Å². The Morgan fingerprint density at radius 2 is 1.80 bits per heavy atom. The zero-order chi connectivity index (χ0) is 14.1. The van der Waals surface area contributed by atoms with Gasteiger partial charge in [-0.1, -0.05) is 54.6 Å². The third kappa shape index (κ3) is 2.37. The van der Waals surface area contributed by atoms with Gasteiger partial charge in [0.05, 0.1) is 0 Å². The fraction of sp³-hybridized carbons (Fsp3) is 0.333. The largest absolute Gasteiger partial charge is 0.326 e. The van der Waals surface area contributed by atoms with Gasteiger partial charge in [0, 0.05) is 18.0 Å². The first-order valence-electron chi connectivity index (χ1n) is 7.24. The maximum atomic E-state index is 6.51. The van der Waals surface area contributed by atoms with Crippen LogP contribution in [-0.2, 0) is 0 Å². The molecule has 1 aliphatic rings. The van der Waals surface area contributed by atoms with Crippen LogP contribution in [0.3, 0.4) is 0 Å². The van der Waals surface area contributed by atoms with Crippen molar-refractivity contribution >= 4 is 10.8 Å². The van der Waals surface area contributed by atoms with Crippen molar-refractivity contribution in [2.75, 3.05) is 14.1 Å². The second-order valence-corrected chi connectivity index (χ2v) is 5.91. The van der Waals surface area contributed by atoms with E-state index in [9.17, 15) is 0 Å². The maximum absolute atomic E-state index is 6.51. The van der Waals surface area contributed by atoms with Gasteiger partial charge in [0.2, 0.25) is 0 Å². The van der Waals surface area contributed by atoms with Crippen LogP contribution in [-0.4, -0.2) is 31.1 Å². The second kappa shape index (κ2) is 5.39. The number of rotatable bonds is 2. The highest BCUT2D eigenvalue weighted by molar-refractivity contribution is 5.83. The zero-order valence-electron chi connectivity index (χ0n) is 12.2. The van der Waals surface area contributed by atoms with Gasteiger partial charge in [-0.3, -0.25) is 0 Å². The minimum Gasteiger partial charge on any atom is -0.326 e. The van der Waals surface area contributed by atoms with Crippen LogP contribution in [0.1, 0.15) is 17.9 Å². The van der Waals surface area contributed by atoms with Crippen molar-refractivity contribution in [3.05, 3.63) is 60.2 Å². The lowest BCUT2D eigenvalue weighted by molar-refractivity contribution is 0.269. The lowest BCUT2D eigenvalue weighted by Crippen LogP contribution is -2.48. The summed E-state index contributed by atoms with van der Waals surface area (Å²) in [5.74, 6) is 0.400. The van der Waals surface area contributed by atoms with Crippen molar-refractivity contribution in [1.29, 1.82) is 0 Å². The van der Waals surface area contributed by atoms with E-state index in [0.29, 0.717) is 12.0 Å². The van der Waals surface area contributed by atoms with Crippen LogP contribution in [0.2, 0.25) is 0 Å². The van der Waals surface area contributed by atoms with Gasteiger partial charge in [-0.15, -0.1) is 0 Å². The molecule has 0 heterocycles. The third-order valence-electron chi connectivity index (χ3n) is 4.38. The molecule has 20 heavy (non-hydrogen) atoms. The molecule has 2 heteroatoms. The Morgan fingerprint density at radius 3 is 2.55 bits per heavy atom. The van der Waals surface area contributed by atoms with Gasteiger partial charge in [0.25, 0.3) is 0 Å². The van der Waals surface area contributed by atoms with E-state index in [4.69, 9.17) is 5.73 Å². The molecule has 2 nitrogen and oxygen atoms in total. The van der Waals surface area contributed by atoms with Gasteiger partial charge in [0.15, 0.2) is 0 Å². The Kier molecular flexibility index (Phi) is 3.60. The summed E-state index contributed by atoms with van der Waals surface area (Å²) in [6.07, 6.45) is 5.54. The molecule has 2 aromatic rings. The lowest BCUT2D eigenvalue weighted by atomic mass is 9.80. The molecule has 0 aliphatic heterocycles. The smallest absolute Gasteiger partial charge is 0.0429 e. The number of nitrogens with zero attached hydrogens (tertiary/aromatic N) is 1. The van der Waals surface area contributed by atoms with Gasteiger partial charge in [-0.05, 0) is 36.9 Å². The first-order chi connectivity index (χ1) is 9.66. The molecule has 1 aliphatic carbocycles. The molecule has 0 radical (unpaired) electrons. The molecule has 0 spiro atoms. The molecule has 0 saturated carbocycles. The fourth-order valence-corrected chi connectivity index (χ4v) is 3.20. The van der Waals surface area contributed by atoms with E-state index in [0.717, 1.165) is 6.42 Å². The molecule has 0 fully saturated rings. The van der Waals surface area contributed by atoms with Crippen LogP contribution in [0, 0.1) is 0 Å². The van der Waals surface area contributed by atoms with Gasteiger partial charge < -0.3 is 10.6 Å². The second-order valence-electron chi connectivity index (χ2n) is 5.91. The number of hydrogen-bond donors (Lipinski definition) is 1. The average Bonchev–Trinajstić information content (AvgIpc) is 2.46. The summed E-state index contributed by atoms with van der Waals surface area (Å²) >= 11 is 0. The summed E-state index contributed by atoms with van der Waals surface area (Å²) in [4.78, 5) is 2.20. The molecule has 3 atom stereocenters. The van der Waals surface area contributed by atoms with Crippen LogP contribution >= 0.6 is 0 Å². The van der Waals surface area contributed by atoms with Crippen molar-refractivity contribution < 1.29 is 0 Å². The van der Waals surface area contributed by atoms with Crippen molar-refractivity contribution in [3.63, 3.8) is 0 Å². The van der Waals surface area contributed by atoms with Crippen LogP contribution in [0.15, 0.2) is 54.6 Å². The number of benzene rings is 2. The molecule has 104 valence electrons. The summed E-state index contributed by atoms with van der Waals surface area (Å²) in [6, 6.07) is 15.7. The Bertz CT molecular complexity index is 630. The highest BCUT2D eigenvalue weighted by Gasteiger charge is 2.29. The molecule has 0 saturated heterocycles. The topological polar surface area (TPSA) is 29.3 Å². The molecular formula is C18H22N2. The molecule has 2 aromatic carbocycles. The minimum absolute atomic E-state index is 0.149. The minimum atomic E-state index is 0.149. The normalized spacial score (nSPS) is 26.3. The average molecular weight is 266 g/mol. The first-order valence-corrected chi connectivity index (χ1v) is 7.24. The quantitative estimate of drug-likeness (QED) is 0.846. The van der Waals surface area contributed by atoms with Crippen molar-refractivity contribution in [2.24, 2.45) is 5.73 Å². The van der Waals surface area contributed by atoms with Crippen molar-refractivity contribution in [3.8, 4) is 0 Å². The molecule has 3 rings (SSSR count). The van der Waals surface area contributed by atoms with Crippen molar-refractivity contribution in [2.45, 2.75) is 24.4 Å². The summed E-state index contributed by atoms with van der Waals surface area (Å²) in [5, 5.41) is 2.59. The third-order valence-corrected chi connectivity index (χ3v) is 4.38. The van der Waals surface area contributed by atoms with E-state index < -0.39 is 0 Å². The molecule has 0 amide bonds. The monoisotopic (exact) mass is 266 g/mol. The Balaban J connectivity index is 1.96. The van der Waals surface area contributed by atoms with E-state index in [2.05, 4.69) is 73.6 Å². The zero-order valence-corrected chi connectivity index (χ0v) is 12.2. The predicted octanol–water partition coefficient (Wildman–Crippen LogP) is 3.14. The van der Waals surface area contributed by atoms with Crippen LogP contribution < -0.4 is 5.73 Å². The van der Waals surface area contributed by atoms with E-state index >= 15 is 0 Å². The number of fused-ring (bicyclic) bond motifs is 1. The van der Waals surface area contributed by atoms with Crippen LogP contribution in [0.4, 0.5) is 0 Å². The van der Waals surface area contributed by atoms with Crippen LogP contribution in [0.5, 0.6) is 0 Å². The Hall–Kier alpha value is -1.64. The highest BCUT2D eigenvalue weighted by atomic mass is 15.1. The van der Waals surface area contributed by atoms with Gasteiger partial charge in [-0.2, -0.15) is 0 Å². The SMILES string of the molecule is CN(C)[C@H]1C=CC[C@@H](c2ccc3ccccc3c2)C1N. The molecule has 0 bridgehead atoms. The number of allylic oxidation sites excluding steroid dienone is 1. The van der Waals surface area contributed by atoms with Gasteiger partial charge in [-0.25, -0.2) is 0 Å². The van der Waals surface area contributed by atoms with E-state index in [1.54, 1.807) is 0 Å². The number of likely N-dealkylation sites (N-methyl/N-ethyl adjacent to an activating group) is 1. The Labute approximate surface area is 120 Å². The Morgan fingerprint density at radius 1 is 1.05 bits per heavy atom. The molecule has 1 unspecified atom stereocenters.